The van der Waals surface area contributed by atoms with Gasteiger partial charge in [-0.1, -0.05) is 59.1 Å². The van der Waals surface area contributed by atoms with E-state index in [9.17, 15) is 9.59 Å². The van der Waals surface area contributed by atoms with Gasteiger partial charge in [0.15, 0.2) is 0 Å². The number of hydrogen-bond donors (Lipinski definition) is 4. The summed E-state index contributed by atoms with van der Waals surface area (Å²) in [6.45, 7) is 0. The number of carbonyl (C=O) groups is 2. The molecule has 0 saturated heterocycles. The third-order valence-electron chi connectivity index (χ3n) is 4.36. The Morgan fingerprint density at radius 2 is 1.06 bits per heavy atom. The normalized spacial score (nSPS) is 10.5. The van der Waals surface area contributed by atoms with Crippen molar-refractivity contribution in [2.24, 2.45) is 0 Å². The molecule has 0 aliphatic carbocycles. The zero-order chi connectivity index (χ0) is 24.3. The van der Waals surface area contributed by atoms with Crippen molar-refractivity contribution in [3.63, 3.8) is 0 Å². The van der Waals surface area contributed by atoms with Gasteiger partial charge in [0.1, 0.15) is 10.0 Å². The first-order chi connectivity index (χ1) is 17.1. The van der Waals surface area contributed by atoms with Gasteiger partial charge in [-0.2, -0.15) is 11.8 Å². The molecule has 4 N–H and O–H groups in total. The number of urea groups is 2. The highest BCUT2D eigenvalue weighted by Gasteiger charge is 2.10. The lowest BCUT2D eigenvalue weighted by Gasteiger charge is -2.04. The third-order valence-corrected chi connectivity index (χ3v) is 7.14. The van der Waals surface area contributed by atoms with E-state index in [-0.39, 0.29) is 12.1 Å². The standard InChI is InChI=1S/C22H22N8O2S3/c31-19(23-15-7-3-1-4-8-15)25-21-29-27-17(34-21)11-13-33-14-12-18-28-30-22(35-18)26-20(32)24-16-9-5-2-6-10-16/h1-10H,11-14H2,(H2,23,25,29,31)(H2,24,26,30,32). The monoisotopic (exact) mass is 526 g/mol. The van der Waals surface area contributed by atoms with E-state index >= 15 is 0 Å². The number of para-hydroxylation sites is 2. The summed E-state index contributed by atoms with van der Waals surface area (Å²) in [5, 5.41) is 29.9. The summed E-state index contributed by atoms with van der Waals surface area (Å²) in [6.07, 6.45) is 1.51. The molecule has 0 bridgehead atoms. The number of aromatic nitrogens is 4. The number of benzene rings is 2. The molecule has 180 valence electrons. The largest absolute Gasteiger partial charge is 0.325 e. The molecule has 2 aromatic carbocycles. The topological polar surface area (TPSA) is 134 Å². The van der Waals surface area contributed by atoms with Gasteiger partial charge in [-0.15, -0.1) is 20.4 Å². The van der Waals surface area contributed by atoms with E-state index in [1.165, 1.54) is 22.7 Å². The summed E-state index contributed by atoms with van der Waals surface area (Å²) in [4.78, 5) is 24.1. The van der Waals surface area contributed by atoms with Crippen LogP contribution in [0.4, 0.5) is 31.2 Å². The maximum Gasteiger partial charge on any atom is 0.325 e. The van der Waals surface area contributed by atoms with Crippen molar-refractivity contribution in [1.29, 1.82) is 0 Å². The Bertz CT molecular complexity index is 1140. The molecule has 10 nitrogen and oxygen atoms in total. The van der Waals surface area contributed by atoms with Crippen LogP contribution in [0.3, 0.4) is 0 Å². The minimum atomic E-state index is -0.350. The van der Waals surface area contributed by atoms with E-state index in [4.69, 9.17) is 0 Å². The molecule has 4 amide bonds. The van der Waals surface area contributed by atoms with Crippen LogP contribution in [0.25, 0.3) is 0 Å². The van der Waals surface area contributed by atoms with Gasteiger partial charge < -0.3 is 10.6 Å². The van der Waals surface area contributed by atoms with Gasteiger partial charge >= 0.3 is 12.1 Å². The molecular formula is C22H22N8O2S3. The molecule has 0 radical (unpaired) electrons. The summed E-state index contributed by atoms with van der Waals surface area (Å²) in [7, 11) is 0. The van der Waals surface area contributed by atoms with Gasteiger partial charge in [0.2, 0.25) is 10.3 Å². The summed E-state index contributed by atoms with van der Waals surface area (Å²) >= 11 is 4.49. The first kappa shape index (κ1) is 24.6. The Hall–Kier alpha value is -3.55. The van der Waals surface area contributed by atoms with Crippen LogP contribution in [-0.2, 0) is 12.8 Å². The Balaban J connectivity index is 1.11. The number of aryl methyl sites for hydroxylation is 2. The second-order valence-corrected chi connectivity index (χ2v) is 10.4. The van der Waals surface area contributed by atoms with Crippen molar-refractivity contribution in [2.45, 2.75) is 12.8 Å². The first-order valence-corrected chi connectivity index (χ1v) is 13.4. The summed E-state index contributed by atoms with van der Waals surface area (Å²) < 4.78 is 0. The second-order valence-electron chi connectivity index (χ2n) is 7.00. The molecule has 4 aromatic rings. The molecule has 0 fully saturated rings. The molecule has 0 aliphatic rings. The minimum absolute atomic E-state index is 0.350. The van der Waals surface area contributed by atoms with Crippen LogP contribution < -0.4 is 21.3 Å². The highest BCUT2D eigenvalue weighted by Crippen LogP contribution is 2.20. The molecule has 35 heavy (non-hydrogen) atoms. The van der Waals surface area contributed by atoms with Gasteiger partial charge in [0.25, 0.3) is 0 Å². The molecule has 0 spiro atoms. The SMILES string of the molecule is O=C(Nc1ccccc1)Nc1nnc(CCSCCc2nnc(NC(=O)Nc3ccccc3)s2)s1. The fourth-order valence-corrected chi connectivity index (χ4v) is 5.40. The smallest absolute Gasteiger partial charge is 0.308 e. The Morgan fingerprint density at radius 3 is 1.49 bits per heavy atom. The summed E-state index contributed by atoms with van der Waals surface area (Å²) in [6, 6.07) is 17.7. The quantitative estimate of drug-likeness (QED) is 0.209. The Kier molecular flexibility index (Phi) is 8.98. The maximum absolute atomic E-state index is 12.0. The van der Waals surface area contributed by atoms with Crippen LogP contribution in [0.2, 0.25) is 0 Å². The van der Waals surface area contributed by atoms with Crippen LogP contribution in [0.1, 0.15) is 10.0 Å². The lowest BCUT2D eigenvalue weighted by molar-refractivity contribution is 0.261. The molecule has 0 aliphatic heterocycles. The highest BCUT2D eigenvalue weighted by atomic mass is 32.2. The Morgan fingerprint density at radius 1 is 0.629 bits per heavy atom. The van der Waals surface area contributed by atoms with E-state index < -0.39 is 0 Å². The average Bonchev–Trinajstić information content (AvgIpc) is 3.49. The van der Waals surface area contributed by atoms with Gasteiger partial charge in [-0.25, -0.2) is 9.59 Å². The highest BCUT2D eigenvalue weighted by molar-refractivity contribution is 7.99. The number of hydrogen-bond acceptors (Lipinski definition) is 9. The minimum Gasteiger partial charge on any atom is -0.308 e. The predicted molar refractivity (Wildman–Crippen MR) is 143 cm³/mol. The van der Waals surface area contributed by atoms with E-state index in [1.807, 2.05) is 60.7 Å². The first-order valence-electron chi connectivity index (χ1n) is 10.6. The molecule has 4 rings (SSSR count). The van der Waals surface area contributed by atoms with Gasteiger partial charge in [-0.3, -0.25) is 10.6 Å². The number of carbonyl (C=O) groups excluding carboxylic acids is 2. The van der Waals surface area contributed by atoms with Crippen LogP contribution in [0.15, 0.2) is 60.7 Å². The number of anilines is 4. The lowest BCUT2D eigenvalue weighted by atomic mass is 10.3. The molecule has 2 heterocycles. The van der Waals surface area contributed by atoms with Crippen molar-refractivity contribution < 1.29 is 9.59 Å². The average molecular weight is 527 g/mol. The Labute approximate surface area is 214 Å². The van der Waals surface area contributed by atoms with Gasteiger partial charge in [0, 0.05) is 24.2 Å². The third kappa shape index (κ3) is 8.31. The van der Waals surface area contributed by atoms with Gasteiger partial charge in [0.05, 0.1) is 0 Å². The zero-order valence-electron chi connectivity index (χ0n) is 18.4. The van der Waals surface area contributed by atoms with Crippen molar-refractivity contribution in [3.05, 3.63) is 70.7 Å². The fraction of sp³-hybridized carbons (Fsp3) is 0.182. The number of amides is 4. The fourth-order valence-electron chi connectivity index (χ4n) is 2.79. The molecule has 0 atom stereocenters. The molecule has 13 heteroatoms. The lowest BCUT2D eigenvalue weighted by Crippen LogP contribution is -2.19. The van der Waals surface area contributed by atoms with E-state index in [0.717, 1.165) is 34.4 Å². The van der Waals surface area contributed by atoms with Crippen LogP contribution in [-0.4, -0.2) is 44.0 Å². The van der Waals surface area contributed by atoms with Crippen LogP contribution >= 0.6 is 34.4 Å². The molecule has 0 saturated carbocycles. The van der Waals surface area contributed by atoms with Crippen molar-refractivity contribution in [1.82, 2.24) is 20.4 Å². The molecule has 2 aromatic heterocycles. The second kappa shape index (κ2) is 12.8. The van der Waals surface area contributed by atoms with Crippen LogP contribution in [0, 0.1) is 0 Å². The predicted octanol–water partition coefficient (Wildman–Crippen LogP) is 5.20. The molecular weight excluding hydrogens is 504 g/mol. The van der Waals surface area contributed by atoms with Crippen molar-refractivity contribution in [3.8, 4) is 0 Å². The van der Waals surface area contributed by atoms with Crippen molar-refractivity contribution >= 4 is 68.1 Å². The number of nitrogens with one attached hydrogen (secondary N) is 4. The van der Waals surface area contributed by atoms with E-state index in [0.29, 0.717) is 21.6 Å². The van der Waals surface area contributed by atoms with Gasteiger partial charge in [-0.05, 0) is 35.8 Å². The summed E-state index contributed by atoms with van der Waals surface area (Å²) in [5.74, 6) is 1.74. The maximum atomic E-state index is 12.0. The number of rotatable bonds is 10. The zero-order valence-corrected chi connectivity index (χ0v) is 20.9. The van der Waals surface area contributed by atoms with E-state index in [1.54, 1.807) is 11.8 Å². The molecule has 0 unspecified atom stereocenters. The number of thioether (sulfide) groups is 1. The summed E-state index contributed by atoms with van der Waals surface area (Å²) in [5.41, 5.74) is 1.42. The van der Waals surface area contributed by atoms with Crippen LogP contribution in [0.5, 0.6) is 0 Å². The van der Waals surface area contributed by atoms with E-state index in [2.05, 4.69) is 41.7 Å². The number of nitrogens with zero attached hydrogens (tertiary/aromatic N) is 4. The van der Waals surface area contributed by atoms with Crippen molar-refractivity contribution in [2.75, 3.05) is 32.8 Å².